The van der Waals surface area contributed by atoms with Crippen molar-refractivity contribution in [3.05, 3.63) is 0 Å². The van der Waals surface area contributed by atoms with E-state index in [1.165, 1.54) is 0 Å². The molecule has 0 aromatic heterocycles. The monoisotopic (exact) mass is 344 g/mol. The van der Waals surface area contributed by atoms with Crippen LogP contribution in [0.1, 0.15) is 0 Å². The zero-order chi connectivity index (χ0) is 8.08. The Balaban J connectivity index is 0. The molecule has 0 fully saturated rings. The van der Waals surface area contributed by atoms with Crippen molar-refractivity contribution in [1.82, 2.24) is 0 Å². The standard InChI is InChI=1S/C3H9S.Cl4I/c1-4(2)3;1-5(2,3)4/h1-3H3;/q+1;-1. The number of hydrogen-bond acceptors (Lipinski definition) is 0. The van der Waals surface area contributed by atoms with Crippen LogP contribution in [0.25, 0.3) is 0 Å². The predicted molar refractivity (Wildman–Crippen MR) is 48.5 cm³/mol. The summed E-state index contributed by atoms with van der Waals surface area (Å²) < 4.78 is 0. The summed E-state index contributed by atoms with van der Waals surface area (Å²) in [7, 11) is 20.7. The van der Waals surface area contributed by atoms with E-state index in [2.05, 4.69) is 18.8 Å². The van der Waals surface area contributed by atoms with E-state index in [1.807, 2.05) is 0 Å². The number of rotatable bonds is 0. The molecule has 0 bridgehead atoms. The van der Waals surface area contributed by atoms with Crippen LogP contribution in [0.2, 0.25) is 0 Å². The van der Waals surface area contributed by atoms with Gasteiger partial charge in [0, 0.05) is 0 Å². The molecule has 0 aliphatic carbocycles. The molecule has 0 heterocycles. The fourth-order valence-electron chi connectivity index (χ4n) is 0. The molecule has 0 radical (unpaired) electrons. The van der Waals surface area contributed by atoms with E-state index in [9.17, 15) is 0 Å². The van der Waals surface area contributed by atoms with E-state index in [0.717, 1.165) is 0 Å². The van der Waals surface area contributed by atoms with E-state index in [0.29, 0.717) is 10.9 Å². The summed E-state index contributed by atoms with van der Waals surface area (Å²) in [6.07, 6.45) is 6.58. The molecular formula is C3H9Cl4IS. The van der Waals surface area contributed by atoms with Gasteiger partial charge in [0.25, 0.3) is 0 Å². The van der Waals surface area contributed by atoms with E-state index >= 15 is 0 Å². The van der Waals surface area contributed by atoms with E-state index in [-0.39, 0.29) is 0 Å². The summed E-state index contributed by atoms with van der Waals surface area (Å²) in [6, 6.07) is 0. The van der Waals surface area contributed by atoms with Gasteiger partial charge in [0.15, 0.2) is 0 Å². The van der Waals surface area contributed by atoms with Gasteiger partial charge in [0.2, 0.25) is 0 Å². The first-order valence-electron chi connectivity index (χ1n) is 1.80. The normalized spacial score (nSPS) is 12.4. The Morgan fingerprint density at radius 1 is 0.889 bits per heavy atom. The summed E-state index contributed by atoms with van der Waals surface area (Å²) in [5, 5.41) is 0. The van der Waals surface area contributed by atoms with Crippen molar-refractivity contribution in [2.75, 3.05) is 18.8 Å². The van der Waals surface area contributed by atoms with Gasteiger partial charge in [-0.05, 0) is 10.9 Å². The Kier molecular flexibility index (Phi) is 10.6. The van der Waals surface area contributed by atoms with Crippen LogP contribution in [0.4, 0.5) is 0 Å². The Bertz CT molecular complexity index is 52.6. The van der Waals surface area contributed by atoms with Crippen molar-refractivity contribution >= 4 is 46.5 Å². The molecule has 9 heavy (non-hydrogen) atoms. The maximum absolute atomic E-state index is 5.01. The van der Waals surface area contributed by atoms with Crippen LogP contribution in [0, 0.1) is 0 Å². The molecule has 0 rings (SSSR count). The van der Waals surface area contributed by atoms with Crippen LogP contribution in [0.5, 0.6) is 0 Å². The van der Waals surface area contributed by atoms with E-state index in [4.69, 9.17) is 35.6 Å². The van der Waals surface area contributed by atoms with Crippen molar-refractivity contribution < 1.29 is 13.9 Å². The molecule has 0 unspecified atom stereocenters. The third-order valence-corrected chi connectivity index (χ3v) is 0. The molecule has 0 amide bonds. The van der Waals surface area contributed by atoms with Gasteiger partial charge in [0.1, 0.15) is 0 Å². The van der Waals surface area contributed by atoms with Crippen LogP contribution in [-0.4, -0.2) is 18.8 Å². The van der Waals surface area contributed by atoms with Crippen molar-refractivity contribution in [3.8, 4) is 0 Å². The first-order chi connectivity index (χ1) is 3.73. The molecule has 0 spiro atoms. The summed E-state index contributed by atoms with van der Waals surface area (Å²) in [6.45, 7) is 0. The number of hydrogen-bond donors (Lipinski definition) is 0. The van der Waals surface area contributed by atoms with Crippen LogP contribution in [0.3, 0.4) is 0 Å². The molecule has 0 aromatic carbocycles. The van der Waals surface area contributed by atoms with Crippen molar-refractivity contribution in [2.45, 2.75) is 0 Å². The topological polar surface area (TPSA) is 0 Å². The minimum absolute atomic E-state index is 0.639. The van der Waals surface area contributed by atoms with E-state index in [1.54, 1.807) is 0 Å². The third kappa shape index (κ3) is 139. The van der Waals surface area contributed by atoms with Gasteiger partial charge in [-0.25, -0.2) is 0 Å². The summed E-state index contributed by atoms with van der Waals surface area (Å²) in [5.74, 6) is 0. The first kappa shape index (κ1) is 13.8. The molecule has 0 aliphatic heterocycles. The van der Waals surface area contributed by atoms with Gasteiger partial charge in [0.05, 0.1) is 18.8 Å². The number of halogens is 5. The SMILES string of the molecule is C[S+](C)C.Cl[I-](Cl)(Cl)Cl. The first-order valence-corrected chi connectivity index (χ1v) is 15.2. The molecule has 0 saturated heterocycles. The van der Waals surface area contributed by atoms with Crippen molar-refractivity contribution in [1.29, 1.82) is 0 Å². The van der Waals surface area contributed by atoms with Gasteiger partial charge in [-0.1, -0.05) is 0 Å². The van der Waals surface area contributed by atoms with Crippen molar-refractivity contribution in [3.63, 3.8) is 0 Å². The molecule has 0 saturated carbocycles. The molecule has 0 nitrogen and oxygen atoms in total. The van der Waals surface area contributed by atoms with E-state index < -0.39 is 13.9 Å². The molecule has 0 atom stereocenters. The van der Waals surface area contributed by atoms with Crippen LogP contribution < -0.4 is 13.9 Å². The zero-order valence-corrected chi connectivity index (χ0v) is 11.3. The Morgan fingerprint density at radius 3 is 0.889 bits per heavy atom. The Hall–Kier alpha value is 2.24. The second-order valence-corrected chi connectivity index (χ2v) is 23.2. The second-order valence-electron chi connectivity index (χ2n) is 1.55. The fourth-order valence-corrected chi connectivity index (χ4v) is 0. The predicted octanol–water partition coefficient (Wildman–Crippen LogP) is 0.256. The Labute approximate surface area is 78.3 Å². The van der Waals surface area contributed by atoms with Gasteiger partial charge in [-0.15, -0.1) is 0 Å². The molecule has 62 valence electrons. The zero-order valence-electron chi connectivity index (χ0n) is 5.30. The summed E-state index contributed by atoms with van der Waals surface area (Å²) in [4.78, 5) is 0. The van der Waals surface area contributed by atoms with Crippen LogP contribution >= 0.6 is 35.6 Å². The van der Waals surface area contributed by atoms with Gasteiger partial charge in [-0.2, -0.15) is 0 Å². The average molecular weight is 346 g/mol. The molecule has 0 aliphatic rings. The summed E-state index contributed by atoms with van der Waals surface area (Å²) >= 11 is -3.05. The fraction of sp³-hybridized carbons (Fsp3) is 1.00. The minimum atomic E-state index is -3.05. The van der Waals surface area contributed by atoms with Crippen LogP contribution in [0.15, 0.2) is 0 Å². The quantitative estimate of drug-likeness (QED) is 0.436. The van der Waals surface area contributed by atoms with Crippen molar-refractivity contribution in [2.24, 2.45) is 0 Å². The van der Waals surface area contributed by atoms with Gasteiger partial charge >= 0.3 is 49.6 Å². The molecule has 0 N–H and O–H groups in total. The van der Waals surface area contributed by atoms with Gasteiger partial charge < -0.3 is 0 Å². The maximum atomic E-state index is 5.01. The molecule has 0 aromatic rings. The Morgan fingerprint density at radius 2 is 0.889 bits per heavy atom. The second kappa shape index (κ2) is 6.92. The summed E-state index contributed by atoms with van der Waals surface area (Å²) in [5.41, 5.74) is 0. The molecule has 6 heteroatoms. The van der Waals surface area contributed by atoms with Gasteiger partial charge in [-0.3, -0.25) is 0 Å². The third-order valence-electron chi connectivity index (χ3n) is 0. The average Bonchev–Trinajstić information content (AvgIpc) is 1.19. The van der Waals surface area contributed by atoms with Crippen LogP contribution in [-0.2, 0) is 10.9 Å². The molecular weight excluding hydrogens is 337 g/mol.